The van der Waals surface area contributed by atoms with Crippen LogP contribution in [0.1, 0.15) is 79.0 Å². The van der Waals surface area contributed by atoms with Crippen LogP contribution in [-0.4, -0.2) is 0 Å². The Bertz CT molecular complexity index is 462. The lowest BCUT2D eigenvalue weighted by Gasteiger charge is -2.33. The van der Waals surface area contributed by atoms with E-state index in [-0.39, 0.29) is 22.1 Å². The number of rotatable bonds is 0. The molecule has 0 N–H and O–H groups in total. The highest BCUT2D eigenvalue weighted by Crippen LogP contribution is 2.38. The number of halogens is 1. The predicted octanol–water partition coefficient (Wildman–Crippen LogP) is 5.72. The van der Waals surface area contributed by atoms with Gasteiger partial charge in [0.25, 0.3) is 0 Å². The zero-order valence-corrected chi connectivity index (χ0v) is 14.0. The van der Waals surface area contributed by atoms with Gasteiger partial charge in [-0.05, 0) is 39.0 Å². The van der Waals surface area contributed by atoms with Crippen LogP contribution in [0.25, 0.3) is 0 Å². The summed E-state index contributed by atoms with van der Waals surface area (Å²) in [6, 6.07) is 3.92. The second kappa shape index (κ2) is 4.61. The average Bonchev–Trinajstić information content (AvgIpc) is 2.11. The third-order valence-electron chi connectivity index (χ3n) is 3.51. The summed E-state index contributed by atoms with van der Waals surface area (Å²) in [5.74, 6) is -0.0650. The number of hydrogen-bond donors (Lipinski definition) is 0. The van der Waals surface area contributed by atoms with Gasteiger partial charge in [-0.2, -0.15) is 0 Å². The minimum Gasteiger partial charge on any atom is -0.207 e. The molecule has 0 saturated carbocycles. The first-order valence-corrected chi connectivity index (χ1v) is 7.09. The third kappa shape index (κ3) is 3.58. The maximum Gasteiger partial charge on any atom is 0.127 e. The number of hydrogen-bond acceptors (Lipinski definition) is 0. The third-order valence-corrected chi connectivity index (χ3v) is 3.51. The van der Waals surface area contributed by atoms with Crippen LogP contribution in [0.2, 0.25) is 0 Å². The maximum atomic E-state index is 14.7. The summed E-state index contributed by atoms with van der Waals surface area (Å²) in [5.41, 5.74) is 2.80. The van der Waals surface area contributed by atoms with Gasteiger partial charge in [-0.25, -0.2) is 4.39 Å². The van der Waals surface area contributed by atoms with Gasteiger partial charge < -0.3 is 0 Å². The molecule has 0 aromatic heterocycles. The molecule has 0 bridgehead atoms. The molecule has 0 aliphatic carbocycles. The smallest absolute Gasteiger partial charge is 0.127 e. The molecule has 0 nitrogen and oxygen atoms in total. The number of benzene rings is 1. The maximum absolute atomic E-state index is 14.7. The van der Waals surface area contributed by atoms with Crippen LogP contribution in [0.4, 0.5) is 4.39 Å². The summed E-state index contributed by atoms with van der Waals surface area (Å²) in [5, 5.41) is 0. The summed E-state index contributed by atoms with van der Waals surface area (Å²) >= 11 is 0. The molecule has 1 heteroatoms. The average molecular weight is 264 g/mol. The fourth-order valence-electron chi connectivity index (χ4n) is 2.39. The molecular formula is C18H29F. The van der Waals surface area contributed by atoms with Crippen molar-refractivity contribution >= 4 is 0 Å². The largest absolute Gasteiger partial charge is 0.207 e. The molecule has 0 fully saturated rings. The van der Waals surface area contributed by atoms with Crippen molar-refractivity contribution < 1.29 is 4.39 Å². The summed E-state index contributed by atoms with van der Waals surface area (Å²) in [4.78, 5) is 0. The van der Waals surface area contributed by atoms with Gasteiger partial charge in [0.15, 0.2) is 0 Å². The monoisotopic (exact) mass is 264 g/mol. The lowest BCUT2D eigenvalue weighted by atomic mass is 9.72. The van der Waals surface area contributed by atoms with Gasteiger partial charge in [0.1, 0.15) is 5.82 Å². The Morgan fingerprint density at radius 2 is 1.16 bits per heavy atom. The van der Waals surface area contributed by atoms with Crippen LogP contribution in [0.3, 0.4) is 0 Å². The Morgan fingerprint density at radius 3 is 1.47 bits per heavy atom. The van der Waals surface area contributed by atoms with Gasteiger partial charge >= 0.3 is 0 Å². The van der Waals surface area contributed by atoms with Crippen molar-refractivity contribution in [2.24, 2.45) is 0 Å². The highest BCUT2D eigenvalue weighted by atomic mass is 19.1. The van der Waals surface area contributed by atoms with Gasteiger partial charge in [0.05, 0.1) is 0 Å². The zero-order chi connectivity index (χ0) is 15.2. The summed E-state index contributed by atoms with van der Waals surface area (Å²) < 4.78 is 14.7. The first-order chi connectivity index (χ1) is 8.24. The molecule has 0 saturated heterocycles. The quantitative estimate of drug-likeness (QED) is 0.562. The van der Waals surface area contributed by atoms with Gasteiger partial charge in [0, 0.05) is 0 Å². The van der Waals surface area contributed by atoms with E-state index in [0.29, 0.717) is 0 Å². The minimum absolute atomic E-state index is 0.0305. The Kier molecular flexibility index (Phi) is 3.93. The standard InChI is InChI=1S/C18H29F/c1-16(2,3)12-10-13(17(4,5)6)15(14(19)11-12)18(7,8)9/h10-11H,1-9H3. The zero-order valence-electron chi connectivity index (χ0n) is 14.0. The Balaban J connectivity index is 3.68. The molecule has 0 spiro atoms. The molecule has 0 radical (unpaired) electrons. The van der Waals surface area contributed by atoms with E-state index in [1.54, 1.807) is 6.07 Å². The van der Waals surface area contributed by atoms with E-state index < -0.39 is 0 Å². The van der Waals surface area contributed by atoms with Gasteiger partial charge in [-0.1, -0.05) is 68.4 Å². The molecule has 1 rings (SSSR count). The molecular weight excluding hydrogens is 235 g/mol. The Morgan fingerprint density at radius 1 is 0.684 bits per heavy atom. The minimum atomic E-state index is -0.177. The van der Waals surface area contributed by atoms with E-state index >= 15 is 0 Å². The van der Waals surface area contributed by atoms with E-state index in [4.69, 9.17) is 0 Å². The molecule has 0 atom stereocenters. The molecule has 108 valence electrons. The van der Waals surface area contributed by atoms with E-state index in [1.807, 2.05) is 0 Å². The van der Waals surface area contributed by atoms with Crippen molar-refractivity contribution in [2.75, 3.05) is 0 Å². The molecule has 0 aliphatic heterocycles. The van der Waals surface area contributed by atoms with Crippen molar-refractivity contribution in [3.63, 3.8) is 0 Å². The van der Waals surface area contributed by atoms with Crippen molar-refractivity contribution in [1.29, 1.82) is 0 Å². The summed E-state index contributed by atoms with van der Waals surface area (Å²) in [6.07, 6.45) is 0. The molecule has 1 aromatic carbocycles. The van der Waals surface area contributed by atoms with Crippen LogP contribution < -0.4 is 0 Å². The van der Waals surface area contributed by atoms with E-state index in [1.165, 1.54) is 0 Å². The Hall–Kier alpha value is -0.850. The molecule has 19 heavy (non-hydrogen) atoms. The fraction of sp³-hybridized carbons (Fsp3) is 0.667. The molecule has 0 aliphatic rings. The van der Waals surface area contributed by atoms with Crippen LogP contribution in [0, 0.1) is 5.82 Å². The van der Waals surface area contributed by atoms with Crippen LogP contribution in [-0.2, 0) is 16.2 Å². The lowest BCUT2D eigenvalue weighted by molar-refractivity contribution is 0.479. The topological polar surface area (TPSA) is 0 Å². The molecule has 0 heterocycles. The van der Waals surface area contributed by atoms with Gasteiger partial charge in [0.2, 0.25) is 0 Å². The van der Waals surface area contributed by atoms with E-state index in [2.05, 4.69) is 68.4 Å². The Labute approximate surface area is 118 Å². The molecule has 0 amide bonds. The normalized spacial score (nSPS) is 13.8. The van der Waals surface area contributed by atoms with E-state index in [0.717, 1.165) is 16.7 Å². The van der Waals surface area contributed by atoms with Crippen LogP contribution >= 0.6 is 0 Å². The predicted molar refractivity (Wildman–Crippen MR) is 82.5 cm³/mol. The van der Waals surface area contributed by atoms with Crippen LogP contribution in [0.5, 0.6) is 0 Å². The van der Waals surface area contributed by atoms with Gasteiger partial charge in [-0.3, -0.25) is 0 Å². The second-order valence-electron chi connectivity index (χ2n) is 8.63. The highest BCUT2D eigenvalue weighted by Gasteiger charge is 2.30. The summed E-state index contributed by atoms with van der Waals surface area (Å²) in [7, 11) is 0. The molecule has 1 aromatic rings. The van der Waals surface area contributed by atoms with Crippen LogP contribution in [0.15, 0.2) is 12.1 Å². The van der Waals surface area contributed by atoms with Crippen molar-refractivity contribution in [3.8, 4) is 0 Å². The van der Waals surface area contributed by atoms with Crippen molar-refractivity contribution in [3.05, 3.63) is 34.6 Å². The summed E-state index contributed by atoms with van der Waals surface area (Å²) in [6.45, 7) is 19.1. The molecule has 0 unspecified atom stereocenters. The highest BCUT2D eigenvalue weighted by molar-refractivity contribution is 5.43. The van der Waals surface area contributed by atoms with E-state index in [9.17, 15) is 4.39 Å². The first kappa shape index (κ1) is 16.2. The fourth-order valence-corrected chi connectivity index (χ4v) is 2.39. The van der Waals surface area contributed by atoms with Crippen molar-refractivity contribution in [1.82, 2.24) is 0 Å². The van der Waals surface area contributed by atoms with Crippen molar-refractivity contribution in [2.45, 2.75) is 78.6 Å². The first-order valence-electron chi connectivity index (χ1n) is 7.09. The second-order valence-corrected chi connectivity index (χ2v) is 8.63. The van der Waals surface area contributed by atoms with Gasteiger partial charge in [-0.15, -0.1) is 0 Å². The SMILES string of the molecule is CC(C)(C)c1cc(F)c(C(C)(C)C)c(C(C)(C)C)c1. The lowest BCUT2D eigenvalue weighted by Crippen LogP contribution is -2.25.